The Morgan fingerprint density at radius 1 is 1.28 bits per heavy atom. The first kappa shape index (κ1) is 21.3. The maximum absolute atomic E-state index is 12.6. The number of rotatable bonds is 8. The molecule has 0 spiro atoms. The lowest BCUT2D eigenvalue weighted by Gasteiger charge is -2.25. The Kier molecular flexibility index (Phi) is 6.90. The quantitative estimate of drug-likeness (QED) is 0.713. The third kappa shape index (κ3) is 5.79. The van der Waals surface area contributed by atoms with Crippen molar-refractivity contribution in [1.82, 2.24) is 25.6 Å². The van der Waals surface area contributed by atoms with Crippen molar-refractivity contribution >= 4 is 5.91 Å². The van der Waals surface area contributed by atoms with Gasteiger partial charge >= 0.3 is 0 Å². The van der Waals surface area contributed by atoms with Crippen molar-refractivity contribution < 1.29 is 9.53 Å². The summed E-state index contributed by atoms with van der Waals surface area (Å²) < 4.78 is 7.58. The number of hydrogen-bond acceptors (Lipinski definition) is 5. The molecule has 1 amide bonds. The smallest absolute Gasteiger partial charge is 0.273 e. The maximum atomic E-state index is 12.6. The minimum absolute atomic E-state index is 0.185. The number of amides is 1. The molecule has 7 heteroatoms. The standard InChI is InChI=1S/C22H33N5O2/c1-16(2)14-29-19-7-5-17(6-8-19)22(3,4)15-24-21(28)20-13-27(26-25-20)18-9-11-23-12-10-18/h5-8,13,16,18,23H,9-12,14-15H2,1-4H3,(H,24,28). The number of hydrogen-bond donors (Lipinski definition) is 2. The molecule has 1 aliphatic rings. The zero-order valence-electron chi connectivity index (χ0n) is 17.9. The second-order valence-corrected chi connectivity index (χ2v) is 8.86. The molecule has 2 aromatic rings. The first-order chi connectivity index (χ1) is 13.8. The fourth-order valence-corrected chi connectivity index (χ4v) is 3.39. The van der Waals surface area contributed by atoms with Crippen LogP contribution in [-0.2, 0) is 5.41 Å². The number of carbonyl (C=O) groups is 1. The number of benzene rings is 1. The number of nitrogens with zero attached hydrogens (tertiary/aromatic N) is 3. The lowest BCUT2D eigenvalue weighted by atomic mass is 9.84. The van der Waals surface area contributed by atoms with Crippen molar-refractivity contribution in [2.24, 2.45) is 5.92 Å². The van der Waals surface area contributed by atoms with Crippen LogP contribution in [0.5, 0.6) is 5.75 Å². The molecule has 29 heavy (non-hydrogen) atoms. The highest BCUT2D eigenvalue weighted by Gasteiger charge is 2.23. The molecular weight excluding hydrogens is 366 g/mol. The molecule has 1 aromatic heterocycles. The van der Waals surface area contributed by atoms with Crippen LogP contribution in [0.15, 0.2) is 30.5 Å². The van der Waals surface area contributed by atoms with Crippen LogP contribution in [0, 0.1) is 5.92 Å². The number of aromatic nitrogens is 3. The molecule has 0 atom stereocenters. The normalized spacial score (nSPS) is 15.5. The van der Waals surface area contributed by atoms with Gasteiger partial charge in [-0.2, -0.15) is 0 Å². The van der Waals surface area contributed by atoms with Gasteiger partial charge in [0.15, 0.2) is 5.69 Å². The van der Waals surface area contributed by atoms with Crippen LogP contribution < -0.4 is 15.4 Å². The van der Waals surface area contributed by atoms with Gasteiger partial charge in [-0.05, 0) is 49.5 Å². The zero-order valence-corrected chi connectivity index (χ0v) is 17.9. The molecule has 0 aliphatic carbocycles. The topological polar surface area (TPSA) is 81.1 Å². The van der Waals surface area contributed by atoms with E-state index in [0.29, 0.717) is 30.8 Å². The largest absolute Gasteiger partial charge is 0.493 e. The van der Waals surface area contributed by atoms with E-state index in [1.807, 2.05) is 16.8 Å². The molecule has 7 nitrogen and oxygen atoms in total. The third-order valence-electron chi connectivity index (χ3n) is 5.34. The molecule has 3 rings (SSSR count). The van der Waals surface area contributed by atoms with E-state index >= 15 is 0 Å². The van der Waals surface area contributed by atoms with Crippen LogP contribution in [0.1, 0.15) is 62.6 Å². The van der Waals surface area contributed by atoms with E-state index in [2.05, 4.69) is 60.8 Å². The SMILES string of the molecule is CC(C)COc1ccc(C(C)(C)CNC(=O)c2cn(C3CCNCC3)nn2)cc1. The maximum Gasteiger partial charge on any atom is 0.273 e. The summed E-state index contributed by atoms with van der Waals surface area (Å²) in [5, 5.41) is 14.6. The van der Waals surface area contributed by atoms with Crippen LogP contribution in [0.3, 0.4) is 0 Å². The number of piperidine rings is 1. The summed E-state index contributed by atoms with van der Waals surface area (Å²) in [5.41, 5.74) is 1.31. The summed E-state index contributed by atoms with van der Waals surface area (Å²) in [6.45, 7) is 11.7. The molecule has 158 valence electrons. The lowest BCUT2D eigenvalue weighted by molar-refractivity contribution is 0.0940. The lowest BCUT2D eigenvalue weighted by Crippen LogP contribution is -2.36. The highest BCUT2D eigenvalue weighted by molar-refractivity contribution is 5.91. The molecule has 1 aromatic carbocycles. The summed E-state index contributed by atoms with van der Waals surface area (Å²) in [7, 11) is 0. The van der Waals surface area contributed by atoms with Gasteiger partial charge < -0.3 is 15.4 Å². The summed E-state index contributed by atoms with van der Waals surface area (Å²) in [6.07, 6.45) is 3.78. The molecule has 1 aliphatic heterocycles. The van der Waals surface area contributed by atoms with E-state index in [-0.39, 0.29) is 11.3 Å². The van der Waals surface area contributed by atoms with Gasteiger partial charge in [0.1, 0.15) is 5.75 Å². The van der Waals surface area contributed by atoms with Gasteiger partial charge in [0.05, 0.1) is 18.8 Å². The second kappa shape index (κ2) is 9.39. The van der Waals surface area contributed by atoms with E-state index in [0.717, 1.165) is 37.2 Å². The average molecular weight is 400 g/mol. The van der Waals surface area contributed by atoms with Crippen molar-refractivity contribution in [2.75, 3.05) is 26.2 Å². The fraction of sp³-hybridized carbons (Fsp3) is 0.591. The summed E-state index contributed by atoms with van der Waals surface area (Å²) in [5.74, 6) is 1.18. The molecule has 1 saturated heterocycles. The summed E-state index contributed by atoms with van der Waals surface area (Å²) >= 11 is 0. The summed E-state index contributed by atoms with van der Waals surface area (Å²) in [6, 6.07) is 8.43. The molecule has 1 fully saturated rings. The number of nitrogens with one attached hydrogen (secondary N) is 2. The Labute approximate surface area is 173 Å². The Hall–Kier alpha value is -2.41. The average Bonchev–Trinajstić information content (AvgIpc) is 3.22. The number of ether oxygens (including phenoxy) is 1. The first-order valence-electron chi connectivity index (χ1n) is 10.5. The van der Waals surface area contributed by atoms with Gasteiger partial charge in [0, 0.05) is 12.0 Å². The van der Waals surface area contributed by atoms with Gasteiger partial charge in [0.2, 0.25) is 0 Å². The molecule has 0 radical (unpaired) electrons. The zero-order chi connectivity index (χ0) is 20.9. The van der Waals surface area contributed by atoms with Gasteiger partial charge in [0.25, 0.3) is 5.91 Å². The predicted molar refractivity (Wildman–Crippen MR) is 113 cm³/mol. The minimum Gasteiger partial charge on any atom is -0.493 e. The van der Waals surface area contributed by atoms with Gasteiger partial charge in [-0.3, -0.25) is 4.79 Å². The van der Waals surface area contributed by atoms with Gasteiger partial charge in [-0.25, -0.2) is 4.68 Å². The van der Waals surface area contributed by atoms with Crippen LogP contribution in [0.2, 0.25) is 0 Å². The van der Waals surface area contributed by atoms with E-state index in [9.17, 15) is 4.79 Å². The van der Waals surface area contributed by atoms with Crippen molar-refractivity contribution in [2.45, 2.75) is 52.0 Å². The first-order valence-corrected chi connectivity index (χ1v) is 10.5. The van der Waals surface area contributed by atoms with Crippen molar-refractivity contribution in [3.8, 4) is 5.75 Å². The Balaban J connectivity index is 1.55. The fourth-order valence-electron chi connectivity index (χ4n) is 3.39. The highest BCUT2D eigenvalue weighted by atomic mass is 16.5. The summed E-state index contributed by atoms with van der Waals surface area (Å²) in [4.78, 5) is 12.6. The minimum atomic E-state index is -0.211. The number of carbonyl (C=O) groups excluding carboxylic acids is 1. The molecule has 0 unspecified atom stereocenters. The molecule has 2 heterocycles. The van der Waals surface area contributed by atoms with Crippen LogP contribution in [0.4, 0.5) is 0 Å². The predicted octanol–water partition coefficient (Wildman–Crippen LogP) is 2.95. The molecule has 0 bridgehead atoms. The van der Waals surface area contributed by atoms with Crippen LogP contribution >= 0.6 is 0 Å². The Morgan fingerprint density at radius 3 is 2.62 bits per heavy atom. The molecule has 0 saturated carbocycles. The van der Waals surface area contributed by atoms with E-state index < -0.39 is 0 Å². The van der Waals surface area contributed by atoms with E-state index in [1.54, 1.807) is 6.20 Å². The molecule has 2 N–H and O–H groups in total. The van der Waals surface area contributed by atoms with Gasteiger partial charge in [-0.1, -0.05) is 45.0 Å². The van der Waals surface area contributed by atoms with Crippen LogP contribution in [-0.4, -0.2) is 47.1 Å². The van der Waals surface area contributed by atoms with E-state index in [1.165, 1.54) is 0 Å². The van der Waals surface area contributed by atoms with Gasteiger partial charge in [-0.15, -0.1) is 5.10 Å². The molecular formula is C22H33N5O2. The monoisotopic (exact) mass is 399 g/mol. The second-order valence-electron chi connectivity index (χ2n) is 8.86. The van der Waals surface area contributed by atoms with E-state index in [4.69, 9.17) is 4.74 Å². The Bertz CT molecular complexity index is 792. The third-order valence-corrected chi connectivity index (χ3v) is 5.34. The van der Waals surface area contributed by atoms with Crippen molar-refractivity contribution in [3.05, 3.63) is 41.7 Å². The van der Waals surface area contributed by atoms with Crippen molar-refractivity contribution in [1.29, 1.82) is 0 Å². The highest BCUT2D eigenvalue weighted by Crippen LogP contribution is 2.25. The Morgan fingerprint density at radius 2 is 1.97 bits per heavy atom. The van der Waals surface area contributed by atoms with Crippen molar-refractivity contribution in [3.63, 3.8) is 0 Å². The van der Waals surface area contributed by atoms with Crippen LogP contribution in [0.25, 0.3) is 0 Å².